The third-order valence-corrected chi connectivity index (χ3v) is 11.0. The Bertz CT molecular complexity index is 1090. The van der Waals surface area contributed by atoms with Crippen LogP contribution >= 0.6 is 0 Å². The molecule has 0 spiro atoms. The number of ether oxygens (including phenoxy) is 1. The first-order chi connectivity index (χ1) is 14.9. The number of H-pyrrole nitrogens is 1. The van der Waals surface area contributed by atoms with Gasteiger partial charge in [-0.25, -0.2) is 9.53 Å². The van der Waals surface area contributed by atoms with Crippen molar-refractivity contribution in [2.24, 2.45) is 0 Å². The SMILES string of the molecule is Cc1cn([C@H]2C[C@@H](/[N+]([O-])=C/c3ccccc3)[C@@H](CO[Si](C)(C)C(C)(C)C)O2)c(=O)[nH]c1=O. The molecule has 9 heteroatoms. The molecule has 0 aliphatic carbocycles. The van der Waals surface area contributed by atoms with E-state index >= 15 is 0 Å². The fraction of sp³-hybridized carbons (Fsp3) is 0.522. The number of aryl methyl sites for hydroxylation is 1. The average Bonchev–Trinajstić information content (AvgIpc) is 3.13. The number of aromatic amines is 1. The first kappa shape index (κ1) is 24.2. The predicted molar refractivity (Wildman–Crippen MR) is 127 cm³/mol. The van der Waals surface area contributed by atoms with E-state index in [9.17, 15) is 14.8 Å². The Morgan fingerprint density at radius 2 is 1.94 bits per heavy atom. The first-order valence-electron chi connectivity index (χ1n) is 10.9. The summed E-state index contributed by atoms with van der Waals surface area (Å²) in [4.78, 5) is 26.5. The van der Waals surface area contributed by atoms with Crippen molar-refractivity contribution >= 4 is 14.5 Å². The fourth-order valence-corrected chi connectivity index (χ4v) is 4.41. The summed E-state index contributed by atoms with van der Waals surface area (Å²) in [6, 6.07) is 8.80. The second-order valence-electron chi connectivity index (χ2n) is 9.88. The van der Waals surface area contributed by atoms with Gasteiger partial charge in [0, 0.05) is 17.3 Å². The zero-order chi connectivity index (χ0) is 23.7. The largest absolute Gasteiger partial charge is 0.624 e. The summed E-state index contributed by atoms with van der Waals surface area (Å²) in [7, 11) is -2.07. The Labute approximate surface area is 189 Å². The lowest BCUT2D eigenvalue weighted by Gasteiger charge is -2.37. The Hall–Kier alpha value is -2.49. The highest BCUT2D eigenvalue weighted by molar-refractivity contribution is 6.74. The van der Waals surface area contributed by atoms with Gasteiger partial charge in [0.15, 0.2) is 20.6 Å². The van der Waals surface area contributed by atoms with Crippen molar-refractivity contribution in [2.75, 3.05) is 6.61 Å². The van der Waals surface area contributed by atoms with E-state index in [1.807, 2.05) is 30.3 Å². The highest BCUT2D eigenvalue weighted by atomic mass is 28.4. The van der Waals surface area contributed by atoms with E-state index in [-0.39, 0.29) is 11.6 Å². The number of aromatic nitrogens is 2. The van der Waals surface area contributed by atoms with E-state index in [1.165, 1.54) is 17.0 Å². The van der Waals surface area contributed by atoms with Crippen LogP contribution in [-0.2, 0) is 9.16 Å². The van der Waals surface area contributed by atoms with Gasteiger partial charge in [0.2, 0.25) is 0 Å². The van der Waals surface area contributed by atoms with Gasteiger partial charge in [-0.3, -0.25) is 14.3 Å². The molecule has 1 aromatic carbocycles. The number of hydrogen-bond donors (Lipinski definition) is 1. The van der Waals surface area contributed by atoms with Crippen molar-refractivity contribution < 1.29 is 13.9 Å². The minimum absolute atomic E-state index is 0.0147. The molecule has 1 aliphatic rings. The monoisotopic (exact) mass is 459 g/mol. The molecule has 1 aromatic heterocycles. The third kappa shape index (κ3) is 5.28. The Morgan fingerprint density at radius 3 is 2.56 bits per heavy atom. The van der Waals surface area contributed by atoms with Crippen molar-refractivity contribution in [1.82, 2.24) is 9.55 Å². The molecule has 3 atom stereocenters. The van der Waals surface area contributed by atoms with Gasteiger partial charge in [0.25, 0.3) is 5.56 Å². The maximum absolute atomic E-state index is 13.1. The molecule has 1 aliphatic heterocycles. The average molecular weight is 460 g/mol. The van der Waals surface area contributed by atoms with Crippen LogP contribution in [0.4, 0.5) is 0 Å². The van der Waals surface area contributed by atoms with Gasteiger partial charge in [-0.2, -0.15) is 0 Å². The zero-order valence-electron chi connectivity index (χ0n) is 19.6. The van der Waals surface area contributed by atoms with Gasteiger partial charge in [-0.1, -0.05) is 39.0 Å². The molecule has 1 fully saturated rings. The number of benzene rings is 1. The minimum Gasteiger partial charge on any atom is -0.624 e. The van der Waals surface area contributed by atoms with Crippen molar-refractivity contribution in [2.45, 2.75) is 70.6 Å². The lowest BCUT2D eigenvalue weighted by atomic mass is 10.1. The topological polar surface area (TPSA) is 99.4 Å². The summed E-state index contributed by atoms with van der Waals surface area (Å²) >= 11 is 0. The first-order valence-corrected chi connectivity index (χ1v) is 13.8. The summed E-state index contributed by atoms with van der Waals surface area (Å²) in [5.41, 5.74) is 0.203. The second-order valence-corrected chi connectivity index (χ2v) is 14.7. The standard InChI is InChI=1S/C23H33N3O5Si/c1-16-13-25(22(28)24-21(16)27)20-12-18(26(29)14-17-10-8-7-9-11-17)19(31-20)15-30-32(5,6)23(2,3)4/h7-11,13-14,18-20H,12,15H2,1-6H3,(H,24,27,28)/b26-14-/t18-,19-,20-/m1/s1. The van der Waals surface area contributed by atoms with Crippen LogP contribution in [0, 0.1) is 12.1 Å². The van der Waals surface area contributed by atoms with E-state index in [2.05, 4.69) is 38.8 Å². The highest BCUT2D eigenvalue weighted by Crippen LogP contribution is 2.38. The van der Waals surface area contributed by atoms with Crippen LogP contribution in [-0.4, -0.2) is 47.6 Å². The number of hydrogen-bond acceptors (Lipinski definition) is 5. The van der Waals surface area contributed by atoms with Crippen LogP contribution in [0.1, 0.15) is 44.5 Å². The van der Waals surface area contributed by atoms with Crippen LogP contribution in [0.15, 0.2) is 46.1 Å². The molecule has 174 valence electrons. The van der Waals surface area contributed by atoms with Crippen LogP contribution < -0.4 is 11.2 Å². The number of nitrogens with one attached hydrogen (secondary N) is 1. The van der Waals surface area contributed by atoms with Crippen molar-refractivity contribution in [3.8, 4) is 0 Å². The van der Waals surface area contributed by atoms with Crippen LogP contribution in [0.25, 0.3) is 0 Å². The van der Waals surface area contributed by atoms with Crippen LogP contribution in [0.3, 0.4) is 0 Å². The van der Waals surface area contributed by atoms with E-state index in [0.29, 0.717) is 12.0 Å². The van der Waals surface area contributed by atoms with E-state index in [1.54, 1.807) is 6.92 Å². The van der Waals surface area contributed by atoms with Crippen molar-refractivity contribution in [1.29, 1.82) is 0 Å². The highest BCUT2D eigenvalue weighted by Gasteiger charge is 2.45. The molecule has 0 radical (unpaired) electrons. The van der Waals surface area contributed by atoms with Crippen LogP contribution in [0.5, 0.6) is 0 Å². The molecule has 1 saturated heterocycles. The number of hydroxylamine groups is 1. The second kappa shape index (κ2) is 9.17. The van der Waals surface area contributed by atoms with Gasteiger partial charge in [-0.05, 0) is 37.2 Å². The summed E-state index contributed by atoms with van der Waals surface area (Å²) in [5.74, 6) is 0. The summed E-state index contributed by atoms with van der Waals surface area (Å²) in [5, 5.41) is 13.1. The summed E-state index contributed by atoms with van der Waals surface area (Å²) < 4.78 is 14.8. The molecule has 0 saturated carbocycles. The molecule has 3 rings (SSSR count). The van der Waals surface area contributed by atoms with Crippen LogP contribution in [0.2, 0.25) is 18.1 Å². The Morgan fingerprint density at radius 1 is 1.28 bits per heavy atom. The Kier molecular flexibility index (Phi) is 6.92. The molecule has 0 unspecified atom stereocenters. The molecule has 1 N–H and O–H groups in total. The minimum atomic E-state index is -2.07. The fourth-order valence-electron chi connectivity index (χ4n) is 3.39. The Balaban J connectivity index is 1.90. The van der Waals surface area contributed by atoms with Gasteiger partial charge in [-0.15, -0.1) is 0 Å². The lowest BCUT2D eigenvalue weighted by molar-refractivity contribution is -0.502. The maximum atomic E-state index is 13.1. The van der Waals surface area contributed by atoms with E-state index in [0.717, 1.165) is 10.3 Å². The van der Waals surface area contributed by atoms with Crippen molar-refractivity contribution in [3.63, 3.8) is 0 Å². The molecular weight excluding hydrogens is 426 g/mol. The molecule has 8 nitrogen and oxygen atoms in total. The number of nitrogens with zero attached hydrogens (tertiary/aromatic N) is 2. The molecule has 2 aromatic rings. The number of rotatable bonds is 6. The van der Waals surface area contributed by atoms with Gasteiger partial charge >= 0.3 is 5.69 Å². The summed E-state index contributed by atoms with van der Waals surface area (Å²) in [6.45, 7) is 12.6. The van der Waals surface area contributed by atoms with Gasteiger partial charge in [0.05, 0.1) is 13.0 Å². The van der Waals surface area contributed by atoms with Gasteiger partial charge in [0.1, 0.15) is 12.3 Å². The normalized spacial score (nSPS) is 22.3. The van der Waals surface area contributed by atoms with E-state index < -0.39 is 37.9 Å². The molecular formula is C23H33N3O5Si. The van der Waals surface area contributed by atoms with Crippen molar-refractivity contribution in [3.05, 3.63) is 73.7 Å². The molecule has 0 amide bonds. The zero-order valence-corrected chi connectivity index (χ0v) is 20.6. The predicted octanol–water partition coefficient (Wildman–Crippen LogP) is 3.15. The molecule has 2 heterocycles. The maximum Gasteiger partial charge on any atom is 0.330 e. The molecule has 0 bridgehead atoms. The smallest absolute Gasteiger partial charge is 0.330 e. The van der Waals surface area contributed by atoms with Gasteiger partial charge < -0.3 is 14.4 Å². The summed E-state index contributed by atoms with van der Waals surface area (Å²) in [6.07, 6.45) is 2.12. The van der Waals surface area contributed by atoms with E-state index in [4.69, 9.17) is 9.16 Å². The lowest BCUT2D eigenvalue weighted by Crippen LogP contribution is -2.45. The third-order valence-electron chi connectivity index (χ3n) is 6.48. The quantitative estimate of drug-likeness (QED) is 0.235. The molecule has 32 heavy (non-hydrogen) atoms.